The van der Waals surface area contributed by atoms with Gasteiger partial charge in [0.2, 0.25) is 5.88 Å². The molecule has 0 saturated heterocycles. The maximum absolute atomic E-state index is 5.61. The quantitative estimate of drug-likeness (QED) is 0.592. The van der Waals surface area contributed by atoms with E-state index in [0.29, 0.717) is 23.8 Å². The molecule has 23 heavy (non-hydrogen) atoms. The molecular weight excluding hydrogens is 290 g/mol. The first-order valence-corrected chi connectivity index (χ1v) is 7.92. The molecule has 0 unspecified atom stereocenters. The fourth-order valence-corrected chi connectivity index (χ4v) is 2.33. The molecule has 0 aliphatic heterocycles. The van der Waals surface area contributed by atoms with Crippen LogP contribution in [-0.2, 0) is 0 Å². The molecule has 0 fully saturated rings. The number of methoxy groups -OCH3 is 2. The van der Waals surface area contributed by atoms with Gasteiger partial charge in [-0.2, -0.15) is 0 Å². The Morgan fingerprint density at radius 3 is 2.61 bits per heavy atom. The third kappa shape index (κ3) is 3.87. The van der Waals surface area contributed by atoms with E-state index in [1.165, 1.54) is 0 Å². The average molecular weight is 313 g/mol. The lowest BCUT2D eigenvalue weighted by atomic mass is 10.1. The summed E-state index contributed by atoms with van der Waals surface area (Å²) in [6, 6.07) is 5.73. The van der Waals surface area contributed by atoms with E-state index in [1.54, 1.807) is 14.2 Å². The number of unbranched alkanes of at least 4 members (excludes halogenated alkanes) is 2. The highest BCUT2D eigenvalue weighted by atomic mass is 16.5. The number of ether oxygens (including phenoxy) is 3. The van der Waals surface area contributed by atoms with Crippen LogP contribution in [0.25, 0.3) is 10.9 Å². The summed E-state index contributed by atoms with van der Waals surface area (Å²) in [5, 5.41) is 0.874. The lowest BCUT2D eigenvalue weighted by molar-refractivity contribution is 0.340. The zero-order chi connectivity index (χ0) is 16.7. The van der Waals surface area contributed by atoms with Crippen LogP contribution in [0.4, 0.5) is 0 Å². The molecule has 0 N–H and O–H groups in total. The number of benzene rings is 1. The summed E-state index contributed by atoms with van der Waals surface area (Å²) in [5.74, 6) is 8.29. The minimum absolute atomic E-state index is 0.488. The van der Waals surface area contributed by atoms with Gasteiger partial charge in [-0.15, -0.1) is 0 Å². The summed E-state index contributed by atoms with van der Waals surface area (Å²) < 4.78 is 16.6. The van der Waals surface area contributed by atoms with Gasteiger partial charge in [-0.1, -0.05) is 25.2 Å². The maximum Gasteiger partial charge on any atom is 0.233 e. The van der Waals surface area contributed by atoms with E-state index in [0.717, 1.165) is 35.9 Å². The van der Waals surface area contributed by atoms with Crippen molar-refractivity contribution < 1.29 is 14.2 Å². The lowest BCUT2D eigenvalue weighted by Crippen LogP contribution is -1.99. The Morgan fingerprint density at radius 2 is 1.96 bits per heavy atom. The van der Waals surface area contributed by atoms with Crippen molar-refractivity contribution in [1.82, 2.24) is 4.98 Å². The fourth-order valence-electron chi connectivity index (χ4n) is 2.33. The van der Waals surface area contributed by atoms with Gasteiger partial charge in [-0.05, 0) is 31.5 Å². The monoisotopic (exact) mass is 313 g/mol. The van der Waals surface area contributed by atoms with E-state index < -0.39 is 0 Å². The number of pyridine rings is 1. The Bertz CT molecular complexity index is 729. The molecule has 4 nitrogen and oxygen atoms in total. The second-order valence-electron chi connectivity index (χ2n) is 5.05. The molecule has 1 aromatic heterocycles. The van der Waals surface area contributed by atoms with Crippen LogP contribution >= 0.6 is 0 Å². The third-order valence-electron chi connectivity index (χ3n) is 3.45. The van der Waals surface area contributed by atoms with Crippen molar-refractivity contribution in [1.29, 1.82) is 0 Å². The van der Waals surface area contributed by atoms with Crippen molar-refractivity contribution in [3.8, 4) is 29.2 Å². The molecule has 0 aliphatic rings. The van der Waals surface area contributed by atoms with Crippen LogP contribution in [0.3, 0.4) is 0 Å². The van der Waals surface area contributed by atoms with Gasteiger partial charge in [0.05, 0.1) is 26.3 Å². The molecule has 0 atom stereocenters. The maximum atomic E-state index is 5.61. The summed E-state index contributed by atoms with van der Waals surface area (Å²) in [7, 11) is 3.23. The van der Waals surface area contributed by atoms with Crippen LogP contribution < -0.4 is 14.2 Å². The number of rotatable bonds is 6. The lowest BCUT2D eigenvalue weighted by Gasteiger charge is -2.12. The van der Waals surface area contributed by atoms with E-state index in [9.17, 15) is 0 Å². The number of hydrogen-bond donors (Lipinski definition) is 0. The van der Waals surface area contributed by atoms with Crippen LogP contribution in [0.1, 0.15) is 38.7 Å². The minimum Gasteiger partial charge on any atom is -0.495 e. The van der Waals surface area contributed by atoms with E-state index >= 15 is 0 Å². The zero-order valence-corrected chi connectivity index (χ0v) is 14.2. The highest BCUT2D eigenvalue weighted by Gasteiger charge is 2.15. The number of hydrogen-bond acceptors (Lipinski definition) is 4. The van der Waals surface area contributed by atoms with Crippen LogP contribution in [0, 0.1) is 11.8 Å². The summed E-state index contributed by atoms with van der Waals surface area (Å²) in [6.07, 6.45) is 3.05. The second-order valence-corrected chi connectivity index (χ2v) is 5.05. The average Bonchev–Trinajstić information content (AvgIpc) is 2.58. The van der Waals surface area contributed by atoms with E-state index in [-0.39, 0.29) is 0 Å². The fraction of sp³-hybridized carbons (Fsp3) is 0.421. The summed E-state index contributed by atoms with van der Waals surface area (Å²) in [6.45, 7) is 4.72. The van der Waals surface area contributed by atoms with Crippen molar-refractivity contribution >= 4 is 10.9 Å². The predicted molar refractivity (Wildman–Crippen MR) is 92.4 cm³/mol. The molecule has 0 spiro atoms. The SMILES string of the molecule is CCCCC#Cc1c(OC)nc2ccc(OCC)cc2c1OC. The first kappa shape index (κ1) is 17.0. The van der Waals surface area contributed by atoms with Crippen LogP contribution in [0.15, 0.2) is 18.2 Å². The van der Waals surface area contributed by atoms with E-state index in [2.05, 4.69) is 23.7 Å². The smallest absolute Gasteiger partial charge is 0.233 e. The number of aromatic nitrogens is 1. The zero-order valence-electron chi connectivity index (χ0n) is 14.2. The molecule has 2 aromatic rings. The van der Waals surface area contributed by atoms with Crippen molar-refractivity contribution in [3.63, 3.8) is 0 Å². The number of nitrogens with zero attached hydrogens (tertiary/aromatic N) is 1. The van der Waals surface area contributed by atoms with Gasteiger partial charge in [0.1, 0.15) is 17.1 Å². The molecular formula is C19H23NO3. The van der Waals surface area contributed by atoms with Gasteiger partial charge >= 0.3 is 0 Å². The van der Waals surface area contributed by atoms with Crippen molar-refractivity contribution in [2.75, 3.05) is 20.8 Å². The summed E-state index contributed by atoms with van der Waals surface area (Å²) >= 11 is 0. The highest BCUT2D eigenvalue weighted by Crippen LogP contribution is 2.35. The topological polar surface area (TPSA) is 40.6 Å². The normalized spacial score (nSPS) is 10.1. The molecule has 4 heteroatoms. The molecule has 2 rings (SSSR count). The summed E-state index contributed by atoms with van der Waals surface area (Å²) in [4.78, 5) is 4.54. The Labute approximate surface area is 137 Å². The first-order valence-electron chi connectivity index (χ1n) is 7.92. The van der Waals surface area contributed by atoms with Crippen LogP contribution in [0.2, 0.25) is 0 Å². The van der Waals surface area contributed by atoms with Gasteiger partial charge in [0.15, 0.2) is 0 Å². The first-order chi connectivity index (χ1) is 11.2. The molecule has 1 aromatic carbocycles. The Kier molecular flexibility index (Phi) is 6.10. The third-order valence-corrected chi connectivity index (χ3v) is 3.45. The van der Waals surface area contributed by atoms with Crippen molar-refractivity contribution in [2.24, 2.45) is 0 Å². The van der Waals surface area contributed by atoms with Crippen LogP contribution in [-0.4, -0.2) is 25.8 Å². The predicted octanol–water partition coefficient (Wildman–Crippen LogP) is 4.19. The van der Waals surface area contributed by atoms with Crippen LogP contribution in [0.5, 0.6) is 17.4 Å². The largest absolute Gasteiger partial charge is 0.495 e. The highest BCUT2D eigenvalue weighted by molar-refractivity contribution is 5.90. The number of fused-ring (bicyclic) bond motifs is 1. The summed E-state index contributed by atoms with van der Waals surface area (Å²) in [5.41, 5.74) is 1.48. The molecule has 1 heterocycles. The van der Waals surface area contributed by atoms with Crippen molar-refractivity contribution in [3.05, 3.63) is 23.8 Å². The van der Waals surface area contributed by atoms with E-state index in [4.69, 9.17) is 14.2 Å². The Balaban J connectivity index is 2.59. The van der Waals surface area contributed by atoms with Gasteiger partial charge in [-0.3, -0.25) is 0 Å². The minimum atomic E-state index is 0.488. The van der Waals surface area contributed by atoms with Gasteiger partial charge in [0.25, 0.3) is 0 Å². The molecule has 122 valence electrons. The molecule has 0 radical (unpaired) electrons. The van der Waals surface area contributed by atoms with Gasteiger partial charge in [-0.25, -0.2) is 4.98 Å². The Morgan fingerprint density at radius 1 is 1.13 bits per heavy atom. The van der Waals surface area contributed by atoms with Gasteiger partial charge in [0, 0.05) is 11.8 Å². The van der Waals surface area contributed by atoms with Gasteiger partial charge < -0.3 is 14.2 Å². The molecule has 0 bridgehead atoms. The van der Waals surface area contributed by atoms with Crippen molar-refractivity contribution in [2.45, 2.75) is 33.1 Å². The standard InChI is InChI=1S/C19H23NO3/c1-5-7-8-9-10-15-18(21-3)16-13-14(23-6-2)11-12-17(16)20-19(15)22-4/h11-13H,5-8H2,1-4H3. The molecule has 0 amide bonds. The van der Waals surface area contributed by atoms with E-state index in [1.807, 2.05) is 25.1 Å². The second kappa shape index (κ2) is 8.28. The molecule has 0 saturated carbocycles. The Hall–Kier alpha value is -2.41. The molecule has 0 aliphatic carbocycles.